The Kier molecular flexibility index (Phi) is 3.66. The van der Waals surface area contributed by atoms with E-state index in [1.165, 1.54) is 6.92 Å². The summed E-state index contributed by atoms with van der Waals surface area (Å²) in [6, 6.07) is 5.47. The zero-order valence-corrected chi connectivity index (χ0v) is 9.57. The summed E-state index contributed by atoms with van der Waals surface area (Å²) in [5, 5.41) is 11.2. The Morgan fingerprint density at radius 2 is 1.88 bits per heavy atom. The third-order valence-electron chi connectivity index (χ3n) is 2.54. The van der Waals surface area contributed by atoms with E-state index in [4.69, 9.17) is 5.11 Å². The van der Waals surface area contributed by atoms with Crippen LogP contribution in [0.2, 0.25) is 0 Å². The van der Waals surface area contributed by atoms with Crippen LogP contribution in [0.1, 0.15) is 18.1 Å². The quantitative estimate of drug-likeness (QED) is 0.767. The first-order chi connectivity index (χ1) is 7.41. The van der Waals surface area contributed by atoms with Gasteiger partial charge in [-0.3, -0.25) is 9.59 Å². The predicted molar refractivity (Wildman–Crippen MR) is 61.3 cm³/mol. The molecule has 0 bridgehead atoms. The lowest BCUT2D eigenvalue weighted by Gasteiger charge is -2.09. The summed E-state index contributed by atoms with van der Waals surface area (Å²) in [4.78, 5) is 22.0. The highest BCUT2D eigenvalue weighted by Crippen LogP contribution is 2.15. The molecule has 4 heteroatoms. The monoisotopic (exact) mass is 221 g/mol. The van der Waals surface area contributed by atoms with Crippen molar-refractivity contribution in [1.29, 1.82) is 0 Å². The lowest BCUT2D eigenvalue weighted by atomic mass is 10.1. The summed E-state index contributed by atoms with van der Waals surface area (Å²) in [6.07, 6.45) is 0. The van der Waals surface area contributed by atoms with Crippen molar-refractivity contribution in [2.75, 3.05) is 5.32 Å². The topological polar surface area (TPSA) is 66.4 Å². The first-order valence-electron chi connectivity index (χ1n) is 5.02. The molecule has 2 N–H and O–H groups in total. The number of hydrogen-bond donors (Lipinski definition) is 2. The van der Waals surface area contributed by atoms with Crippen LogP contribution < -0.4 is 5.32 Å². The van der Waals surface area contributed by atoms with Gasteiger partial charge in [0, 0.05) is 5.69 Å². The number of amides is 1. The molecule has 16 heavy (non-hydrogen) atoms. The Morgan fingerprint density at radius 3 is 2.38 bits per heavy atom. The molecule has 4 nitrogen and oxygen atoms in total. The molecule has 1 unspecified atom stereocenters. The van der Waals surface area contributed by atoms with E-state index in [0.29, 0.717) is 5.69 Å². The Balaban J connectivity index is 2.77. The fourth-order valence-corrected chi connectivity index (χ4v) is 1.18. The number of hydrogen-bond acceptors (Lipinski definition) is 2. The maximum absolute atomic E-state index is 11.5. The zero-order valence-electron chi connectivity index (χ0n) is 9.57. The van der Waals surface area contributed by atoms with Crippen molar-refractivity contribution in [3.05, 3.63) is 29.3 Å². The Morgan fingerprint density at radius 1 is 1.25 bits per heavy atom. The third kappa shape index (κ3) is 2.82. The average Bonchev–Trinajstić information content (AvgIpc) is 2.22. The van der Waals surface area contributed by atoms with Crippen molar-refractivity contribution in [1.82, 2.24) is 0 Å². The Bertz CT molecular complexity index is 426. The SMILES string of the molecule is Cc1ccc(NC(=O)C(C)C(=O)O)cc1C. The molecule has 1 atom stereocenters. The van der Waals surface area contributed by atoms with Crippen LogP contribution in [-0.4, -0.2) is 17.0 Å². The Labute approximate surface area is 94.3 Å². The van der Waals surface area contributed by atoms with Crippen molar-refractivity contribution < 1.29 is 14.7 Å². The molecule has 0 fully saturated rings. The van der Waals surface area contributed by atoms with E-state index in [1.807, 2.05) is 26.0 Å². The van der Waals surface area contributed by atoms with Gasteiger partial charge in [-0.05, 0) is 44.0 Å². The van der Waals surface area contributed by atoms with Gasteiger partial charge in [-0.2, -0.15) is 0 Å². The fourth-order valence-electron chi connectivity index (χ4n) is 1.18. The standard InChI is InChI=1S/C12H15NO3/c1-7-4-5-10(6-8(7)2)13-11(14)9(3)12(15)16/h4-6,9H,1-3H3,(H,13,14)(H,15,16). The van der Waals surface area contributed by atoms with Crippen LogP contribution in [-0.2, 0) is 9.59 Å². The lowest BCUT2D eigenvalue weighted by molar-refractivity contribution is -0.144. The van der Waals surface area contributed by atoms with E-state index < -0.39 is 17.8 Å². The van der Waals surface area contributed by atoms with Gasteiger partial charge in [-0.25, -0.2) is 0 Å². The van der Waals surface area contributed by atoms with Crippen molar-refractivity contribution >= 4 is 17.6 Å². The van der Waals surface area contributed by atoms with Crippen LogP contribution in [0.3, 0.4) is 0 Å². The predicted octanol–water partition coefficient (Wildman–Crippen LogP) is 1.96. The number of anilines is 1. The molecule has 0 aromatic heterocycles. The molecular weight excluding hydrogens is 206 g/mol. The normalized spacial score (nSPS) is 11.9. The average molecular weight is 221 g/mol. The van der Waals surface area contributed by atoms with Crippen molar-refractivity contribution in [3.63, 3.8) is 0 Å². The first kappa shape index (κ1) is 12.2. The summed E-state index contributed by atoms with van der Waals surface area (Å²) >= 11 is 0. The van der Waals surface area contributed by atoms with Crippen LogP contribution in [0.4, 0.5) is 5.69 Å². The van der Waals surface area contributed by atoms with Crippen molar-refractivity contribution in [3.8, 4) is 0 Å². The summed E-state index contributed by atoms with van der Waals surface area (Å²) in [7, 11) is 0. The van der Waals surface area contributed by atoms with Crippen molar-refractivity contribution in [2.24, 2.45) is 5.92 Å². The molecule has 0 saturated carbocycles. The molecule has 86 valence electrons. The van der Waals surface area contributed by atoms with Gasteiger partial charge in [0.2, 0.25) is 5.91 Å². The summed E-state index contributed by atoms with van der Waals surface area (Å²) in [5.74, 6) is -2.67. The molecule has 1 rings (SSSR count). The second-order valence-corrected chi connectivity index (χ2v) is 3.85. The third-order valence-corrected chi connectivity index (χ3v) is 2.54. The molecular formula is C12H15NO3. The van der Waals surface area contributed by atoms with Gasteiger partial charge in [0.25, 0.3) is 0 Å². The Hall–Kier alpha value is -1.84. The highest BCUT2D eigenvalue weighted by molar-refractivity contribution is 6.03. The number of carboxylic acid groups (broad SMARTS) is 1. The highest BCUT2D eigenvalue weighted by atomic mass is 16.4. The number of rotatable bonds is 3. The van der Waals surface area contributed by atoms with Crippen molar-refractivity contribution in [2.45, 2.75) is 20.8 Å². The number of nitrogens with one attached hydrogen (secondary N) is 1. The van der Waals surface area contributed by atoms with E-state index >= 15 is 0 Å². The maximum atomic E-state index is 11.5. The smallest absolute Gasteiger partial charge is 0.315 e. The van der Waals surface area contributed by atoms with E-state index in [1.54, 1.807) is 6.07 Å². The van der Waals surface area contributed by atoms with Crippen LogP contribution in [0.5, 0.6) is 0 Å². The molecule has 0 saturated heterocycles. The second kappa shape index (κ2) is 4.79. The minimum Gasteiger partial charge on any atom is -0.481 e. The molecule has 0 heterocycles. The van der Waals surface area contributed by atoms with E-state index in [2.05, 4.69) is 5.32 Å². The number of carbonyl (C=O) groups excluding carboxylic acids is 1. The van der Waals surface area contributed by atoms with Crippen LogP contribution in [0.15, 0.2) is 18.2 Å². The number of carbonyl (C=O) groups is 2. The minimum atomic E-state index is -1.12. The fraction of sp³-hybridized carbons (Fsp3) is 0.333. The second-order valence-electron chi connectivity index (χ2n) is 3.85. The molecule has 0 aliphatic rings. The zero-order chi connectivity index (χ0) is 12.3. The van der Waals surface area contributed by atoms with Crippen LogP contribution in [0, 0.1) is 19.8 Å². The van der Waals surface area contributed by atoms with Gasteiger partial charge in [0.05, 0.1) is 0 Å². The van der Waals surface area contributed by atoms with E-state index in [9.17, 15) is 9.59 Å². The van der Waals surface area contributed by atoms with Gasteiger partial charge in [-0.1, -0.05) is 6.07 Å². The summed E-state index contributed by atoms with van der Waals surface area (Å²) < 4.78 is 0. The van der Waals surface area contributed by atoms with Crippen LogP contribution in [0.25, 0.3) is 0 Å². The van der Waals surface area contributed by atoms with Gasteiger partial charge in [0.1, 0.15) is 5.92 Å². The highest BCUT2D eigenvalue weighted by Gasteiger charge is 2.20. The minimum absolute atomic E-state index is 0.504. The number of aliphatic carboxylic acids is 1. The van der Waals surface area contributed by atoms with Crippen LogP contribution >= 0.6 is 0 Å². The number of aryl methyl sites for hydroxylation is 2. The number of benzene rings is 1. The van der Waals surface area contributed by atoms with Gasteiger partial charge < -0.3 is 10.4 Å². The lowest BCUT2D eigenvalue weighted by Crippen LogP contribution is -2.26. The molecule has 1 amide bonds. The molecule has 1 aromatic carbocycles. The largest absolute Gasteiger partial charge is 0.481 e. The molecule has 0 radical (unpaired) electrons. The summed E-state index contributed by atoms with van der Waals surface area (Å²) in [5.41, 5.74) is 2.81. The molecule has 0 aliphatic carbocycles. The maximum Gasteiger partial charge on any atom is 0.315 e. The first-order valence-corrected chi connectivity index (χ1v) is 5.02. The van der Waals surface area contributed by atoms with E-state index in [-0.39, 0.29) is 0 Å². The molecule has 1 aromatic rings. The van der Waals surface area contributed by atoms with Gasteiger partial charge >= 0.3 is 5.97 Å². The van der Waals surface area contributed by atoms with Gasteiger partial charge in [-0.15, -0.1) is 0 Å². The molecule has 0 aliphatic heterocycles. The molecule has 0 spiro atoms. The summed E-state index contributed by atoms with van der Waals surface area (Å²) in [6.45, 7) is 5.27. The van der Waals surface area contributed by atoms with Gasteiger partial charge in [0.15, 0.2) is 0 Å². The van der Waals surface area contributed by atoms with E-state index in [0.717, 1.165) is 11.1 Å². The number of carboxylic acids is 1.